The number of aryl methyl sites for hydroxylation is 1. The highest BCUT2D eigenvalue weighted by atomic mass is 35.5. The van der Waals surface area contributed by atoms with Gasteiger partial charge < -0.3 is 10.3 Å². The van der Waals surface area contributed by atoms with Crippen LogP contribution in [0.1, 0.15) is 11.3 Å². The lowest BCUT2D eigenvalue weighted by molar-refractivity contribution is -0.113. The zero-order chi connectivity index (χ0) is 20.1. The zero-order valence-corrected chi connectivity index (χ0v) is 17.3. The smallest absolute Gasteiger partial charge is 0.251 e. The summed E-state index contributed by atoms with van der Waals surface area (Å²) in [5, 5.41) is 4.03. The molecule has 3 aromatic rings. The van der Waals surface area contributed by atoms with Crippen LogP contribution >= 0.6 is 35.0 Å². The normalized spacial score (nSPS) is 10.7. The van der Waals surface area contributed by atoms with E-state index < -0.39 is 0 Å². The van der Waals surface area contributed by atoms with Crippen LogP contribution in [-0.4, -0.2) is 21.6 Å². The van der Waals surface area contributed by atoms with Gasteiger partial charge in [-0.2, -0.15) is 0 Å². The van der Waals surface area contributed by atoms with E-state index in [4.69, 9.17) is 23.2 Å². The minimum absolute atomic E-state index is 0.127. The van der Waals surface area contributed by atoms with Gasteiger partial charge in [-0.05, 0) is 36.8 Å². The molecule has 0 saturated heterocycles. The van der Waals surface area contributed by atoms with Gasteiger partial charge in [0.1, 0.15) is 5.82 Å². The Morgan fingerprint density at radius 1 is 1.18 bits per heavy atom. The number of anilines is 1. The molecule has 2 aromatic carbocycles. The van der Waals surface area contributed by atoms with Gasteiger partial charge in [0, 0.05) is 38.8 Å². The van der Waals surface area contributed by atoms with Crippen LogP contribution in [0.5, 0.6) is 0 Å². The molecule has 5 nitrogen and oxygen atoms in total. The predicted octanol–water partition coefficient (Wildman–Crippen LogP) is 4.92. The molecular formula is C20H17Cl2N3O2S. The van der Waals surface area contributed by atoms with Gasteiger partial charge in [-0.3, -0.25) is 9.59 Å². The molecule has 1 amide bonds. The van der Waals surface area contributed by atoms with Gasteiger partial charge in [-0.15, -0.1) is 11.8 Å². The molecule has 0 spiro atoms. The van der Waals surface area contributed by atoms with E-state index >= 15 is 0 Å². The Morgan fingerprint density at radius 3 is 2.75 bits per heavy atom. The van der Waals surface area contributed by atoms with Crippen molar-refractivity contribution in [2.45, 2.75) is 12.7 Å². The number of nitrogens with one attached hydrogen (secondary N) is 2. The third kappa shape index (κ3) is 5.61. The van der Waals surface area contributed by atoms with Gasteiger partial charge in [-0.25, -0.2) is 4.98 Å². The van der Waals surface area contributed by atoms with Crippen molar-refractivity contribution in [3.8, 4) is 11.4 Å². The Bertz CT molecular complexity index is 1070. The van der Waals surface area contributed by atoms with Crippen molar-refractivity contribution in [1.82, 2.24) is 9.97 Å². The first-order valence-electron chi connectivity index (χ1n) is 8.40. The van der Waals surface area contributed by atoms with E-state index in [2.05, 4.69) is 15.3 Å². The Hall–Kier alpha value is -2.28. The molecule has 144 valence electrons. The molecule has 1 heterocycles. The summed E-state index contributed by atoms with van der Waals surface area (Å²) in [5.41, 5.74) is 2.70. The number of thioether (sulfide) groups is 1. The number of rotatable bonds is 6. The number of aromatic nitrogens is 2. The van der Waals surface area contributed by atoms with E-state index in [0.29, 0.717) is 33.0 Å². The van der Waals surface area contributed by atoms with E-state index in [1.54, 1.807) is 37.3 Å². The number of halogens is 2. The fraction of sp³-hybridized carbons (Fsp3) is 0.150. The molecule has 2 N–H and O–H groups in total. The van der Waals surface area contributed by atoms with Crippen molar-refractivity contribution in [3.05, 3.63) is 80.2 Å². The van der Waals surface area contributed by atoms with Gasteiger partial charge in [0.15, 0.2) is 0 Å². The molecule has 0 aliphatic heterocycles. The molecule has 0 bridgehead atoms. The second kappa shape index (κ2) is 9.28. The first kappa shape index (κ1) is 20.5. The SMILES string of the molecule is Cc1cc(=O)[nH]c(-c2cccc(NC(=O)CSCc3ccc(Cl)cc3Cl)c2)n1. The molecule has 0 saturated carbocycles. The highest BCUT2D eigenvalue weighted by molar-refractivity contribution is 7.99. The van der Waals surface area contributed by atoms with Crippen molar-refractivity contribution >= 4 is 46.6 Å². The molecule has 0 aliphatic rings. The van der Waals surface area contributed by atoms with Crippen LogP contribution < -0.4 is 10.9 Å². The van der Waals surface area contributed by atoms with E-state index in [1.165, 1.54) is 17.8 Å². The number of benzene rings is 2. The lowest BCUT2D eigenvalue weighted by atomic mass is 10.2. The van der Waals surface area contributed by atoms with Crippen molar-refractivity contribution in [2.24, 2.45) is 0 Å². The number of carbonyl (C=O) groups is 1. The number of aromatic amines is 1. The van der Waals surface area contributed by atoms with Gasteiger partial charge in [0.05, 0.1) is 5.75 Å². The van der Waals surface area contributed by atoms with Crippen LogP contribution in [0.15, 0.2) is 53.3 Å². The van der Waals surface area contributed by atoms with Crippen LogP contribution in [0.25, 0.3) is 11.4 Å². The van der Waals surface area contributed by atoms with Crippen molar-refractivity contribution < 1.29 is 4.79 Å². The highest BCUT2D eigenvalue weighted by Gasteiger charge is 2.08. The summed E-state index contributed by atoms with van der Waals surface area (Å²) in [7, 11) is 0. The quantitative estimate of drug-likeness (QED) is 0.577. The molecule has 0 unspecified atom stereocenters. The fourth-order valence-electron chi connectivity index (χ4n) is 2.55. The summed E-state index contributed by atoms with van der Waals surface area (Å²) in [6.07, 6.45) is 0. The Kier molecular flexibility index (Phi) is 6.78. The summed E-state index contributed by atoms with van der Waals surface area (Å²) in [4.78, 5) is 30.9. The summed E-state index contributed by atoms with van der Waals surface area (Å²) in [6, 6.07) is 13.9. The number of amides is 1. The van der Waals surface area contributed by atoms with E-state index in [1.807, 2.05) is 12.1 Å². The lowest BCUT2D eigenvalue weighted by Gasteiger charge is -2.08. The van der Waals surface area contributed by atoms with Crippen molar-refractivity contribution in [1.29, 1.82) is 0 Å². The maximum atomic E-state index is 12.2. The zero-order valence-electron chi connectivity index (χ0n) is 15.0. The van der Waals surface area contributed by atoms with Crippen LogP contribution in [0, 0.1) is 6.92 Å². The molecule has 3 rings (SSSR count). The summed E-state index contributed by atoms with van der Waals surface area (Å²) < 4.78 is 0. The van der Waals surface area contributed by atoms with E-state index in [-0.39, 0.29) is 17.2 Å². The van der Waals surface area contributed by atoms with Gasteiger partial charge in [-0.1, -0.05) is 41.4 Å². The number of hydrogen-bond acceptors (Lipinski definition) is 4. The summed E-state index contributed by atoms with van der Waals surface area (Å²) >= 11 is 13.5. The third-order valence-corrected chi connectivity index (χ3v) is 5.36. The lowest BCUT2D eigenvalue weighted by Crippen LogP contribution is -2.14. The second-order valence-electron chi connectivity index (χ2n) is 6.09. The van der Waals surface area contributed by atoms with Crippen LogP contribution in [0.3, 0.4) is 0 Å². The molecule has 1 aromatic heterocycles. The van der Waals surface area contributed by atoms with E-state index in [9.17, 15) is 9.59 Å². The first-order chi connectivity index (χ1) is 13.4. The van der Waals surface area contributed by atoms with Gasteiger partial charge in [0.25, 0.3) is 5.56 Å². The van der Waals surface area contributed by atoms with Crippen LogP contribution in [0.4, 0.5) is 5.69 Å². The van der Waals surface area contributed by atoms with Gasteiger partial charge in [0.2, 0.25) is 5.91 Å². The van der Waals surface area contributed by atoms with E-state index in [0.717, 1.165) is 11.1 Å². The third-order valence-electron chi connectivity index (χ3n) is 3.80. The maximum Gasteiger partial charge on any atom is 0.251 e. The number of nitrogens with zero attached hydrogens (tertiary/aromatic N) is 1. The van der Waals surface area contributed by atoms with Crippen LogP contribution in [0.2, 0.25) is 10.0 Å². The van der Waals surface area contributed by atoms with Gasteiger partial charge >= 0.3 is 0 Å². The Morgan fingerprint density at radius 2 is 2.00 bits per heavy atom. The average molecular weight is 434 g/mol. The maximum absolute atomic E-state index is 12.2. The molecule has 0 radical (unpaired) electrons. The molecular weight excluding hydrogens is 417 g/mol. The molecule has 0 atom stereocenters. The molecule has 0 aliphatic carbocycles. The fourth-order valence-corrected chi connectivity index (χ4v) is 3.94. The average Bonchev–Trinajstić information content (AvgIpc) is 2.63. The largest absolute Gasteiger partial charge is 0.325 e. The number of H-pyrrole nitrogens is 1. The monoisotopic (exact) mass is 433 g/mol. The molecule has 0 fully saturated rings. The Balaban J connectivity index is 1.60. The van der Waals surface area contributed by atoms with Crippen LogP contribution in [-0.2, 0) is 10.5 Å². The molecule has 8 heteroatoms. The number of hydrogen-bond donors (Lipinski definition) is 2. The van der Waals surface area contributed by atoms with Crippen molar-refractivity contribution in [3.63, 3.8) is 0 Å². The topological polar surface area (TPSA) is 74.8 Å². The summed E-state index contributed by atoms with van der Waals surface area (Å²) in [5.74, 6) is 1.23. The molecule has 28 heavy (non-hydrogen) atoms. The van der Waals surface area contributed by atoms with Crippen molar-refractivity contribution in [2.75, 3.05) is 11.1 Å². The highest BCUT2D eigenvalue weighted by Crippen LogP contribution is 2.25. The Labute approximate surface area is 176 Å². The second-order valence-corrected chi connectivity index (χ2v) is 7.92. The predicted molar refractivity (Wildman–Crippen MR) is 116 cm³/mol. The minimum Gasteiger partial charge on any atom is -0.325 e. The minimum atomic E-state index is -0.214. The summed E-state index contributed by atoms with van der Waals surface area (Å²) in [6.45, 7) is 1.76. The number of carbonyl (C=O) groups excluding carboxylic acids is 1. The first-order valence-corrected chi connectivity index (χ1v) is 10.3. The standard InChI is InChI=1S/C20H17Cl2N3O2S/c1-12-7-18(26)25-20(23-12)13-3-2-4-16(8-13)24-19(27)11-28-10-14-5-6-15(21)9-17(14)22/h2-9H,10-11H2,1H3,(H,24,27)(H,23,25,26).